The minimum atomic E-state index is 0.404. The number of rotatable bonds is 3. The summed E-state index contributed by atoms with van der Waals surface area (Å²) in [5.41, 5.74) is 0. The fourth-order valence-electron chi connectivity index (χ4n) is 2.25. The smallest absolute Gasteiger partial charge is 0.177 e. The Bertz CT molecular complexity index is 386. The van der Waals surface area contributed by atoms with Gasteiger partial charge in [-0.1, -0.05) is 0 Å². The first-order chi connectivity index (χ1) is 7.81. The number of carbonyl (C=O) groups is 1. The Morgan fingerprint density at radius 1 is 1.19 bits per heavy atom. The SMILES string of the molecule is O=C1CCC(Cn2nnc(C3CC3)n2)CC1. The zero-order valence-electron chi connectivity index (χ0n) is 9.30. The van der Waals surface area contributed by atoms with Crippen molar-refractivity contribution in [1.29, 1.82) is 0 Å². The molecular formula is C11H16N4O. The Balaban J connectivity index is 1.58. The third-order valence-electron chi connectivity index (χ3n) is 3.50. The van der Waals surface area contributed by atoms with Crippen molar-refractivity contribution >= 4 is 5.78 Å². The number of carbonyl (C=O) groups excluding carboxylic acids is 1. The maximum Gasteiger partial charge on any atom is 0.177 e. The van der Waals surface area contributed by atoms with Crippen LogP contribution in [0.25, 0.3) is 0 Å². The minimum absolute atomic E-state index is 0.404. The van der Waals surface area contributed by atoms with E-state index in [4.69, 9.17) is 0 Å². The molecular weight excluding hydrogens is 204 g/mol. The summed E-state index contributed by atoms with van der Waals surface area (Å²) >= 11 is 0. The van der Waals surface area contributed by atoms with Crippen LogP contribution in [0.5, 0.6) is 0 Å². The molecule has 2 fully saturated rings. The number of tetrazole rings is 1. The van der Waals surface area contributed by atoms with Crippen molar-refractivity contribution in [1.82, 2.24) is 20.2 Å². The Morgan fingerprint density at radius 2 is 1.94 bits per heavy atom. The van der Waals surface area contributed by atoms with Gasteiger partial charge < -0.3 is 0 Å². The molecule has 0 saturated heterocycles. The number of hydrogen-bond donors (Lipinski definition) is 0. The van der Waals surface area contributed by atoms with Gasteiger partial charge in [0.1, 0.15) is 5.78 Å². The first-order valence-electron chi connectivity index (χ1n) is 6.10. The summed E-state index contributed by atoms with van der Waals surface area (Å²) in [5, 5.41) is 12.5. The fourth-order valence-corrected chi connectivity index (χ4v) is 2.25. The molecule has 5 nitrogen and oxygen atoms in total. The number of ketones is 1. The van der Waals surface area contributed by atoms with E-state index in [-0.39, 0.29) is 0 Å². The molecule has 86 valence electrons. The average Bonchev–Trinajstić information content (AvgIpc) is 3.04. The van der Waals surface area contributed by atoms with Gasteiger partial charge >= 0.3 is 0 Å². The Morgan fingerprint density at radius 3 is 2.62 bits per heavy atom. The predicted molar refractivity (Wildman–Crippen MR) is 56.8 cm³/mol. The monoisotopic (exact) mass is 220 g/mol. The van der Waals surface area contributed by atoms with Crippen molar-refractivity contribution in [3.8, 4) is 0 Å². The molecule has 0 bridgehead atoms. The molecule has 0 amide bonds. The second kappa shape index (κ2) is 3.96. The molecule has 1 heterocycles. The summed E-state index contributed by atoms with van der Waals surface area (Å²) in [6.07, 6.45) is 5.86. The molecule has 3 rings (SSSR count). The number of Topliss-reactive ketones (excluding diaryl/α,β-unsaturated/α-hetero) is 1. The number of nitrogens with zero attached hydrogens (tertiary/aromatic N) is 4. The van der Waals surface area contributed by atoms with E-state index in [1.54, 1.807) is 4.80 Å². The first-order valence-corrected chi connectivity index (χ1v) is 6.10. The van der Waals surface area contributed by atoms with E-state index in [1.165, 1.54) is 12.8 Å². The lowest BCUT2D eigenvalue weighted by Gasteiger charge is -2.19. The summed E-state index contributed by atoms with van der Waals surface area (Å²) in [6.45, 7) is 0.826. The van der Waals surface area contributed by atoms with Gasteiger partial charge in [0.05, 0.1) is 6.54 Å². The molecule has 0 aromatic carbocycles. The maximum absolute atomic E-state index is 11.1. The highest BCUT2D eigenvalue weighted by Crippen LogP contribution is 2.37. The molecule has 2 saturated carbocycles. The van der Waals surface area contributed by atoms with E-state index in [1.807, 2.05) is 0 Å². The van der Waals surface area contributed by atoms with E-state index in [2.05, 4.69) is 15.4 Å². The van der Waals surface area contributed by atoms with Crippen LogP contribution in [0, 0.1) is 5.92 Å². The lowest BCUT2D eigenvalue weighted by molar-refractivity contribution is -0.121. The van der Waals surface area contributed by atoms with Crippen LogP contribution in [0.15, 0.2) is 0 Å². The molecule has 16 heavy (non-hydrogen) atoms. The molecule has 2 aliphatic rings. The van der Waals surface area contributed by atoms with Crippen molar-refractivity contribution in [2.45, 2.75) is 51.0 Å². The van der Waals surface area contributed by atoms with Crippen molar-refractivity contribution in [2.24, 2.45) is 5.92 Å². The van der Waals surface area contributed by atoms with Gasteiger partial charge in [-0.15, -0.1) is 10.2 Å². The lowest BCUT2D eigenvalue weighted by Crippen LogP contribution is -2.20. The average molecular weight is 220 g/mol. The second-order valence-electron chi connectivity index (χ2n) is 4.96. The third kappa shape index (κ3) is 2.13. The van der Waals surface area contributed by atoms with Gasteiger partial charge in [0, 0.05) is 18.8 Å². The quantitative estimate of drug-likeness (QED) is 0.770. The zero-order chi connectivity index (χ0) is 11.0. The Labute approximate surface area is 94.2 Å². The second-order valence-corrected chi connectivity index (χ2v) is 4.96. The van der Waals surface area contributed by atoms with Crippen molar-refractivity contribution in [3.63, 3.8) is 0 Å². The van der Waals surface area contributed by atoms with E-state index in [0.717, 1.165) is 38.1 Å². The zero-order valence-corrected chi connectivity index (χ0v) is 9.30. The van der Waals surface area contributed by atoms with E-state index < -0.39 is 0 Å². The third-order valence-corrected chi connectivity index (χ3v) is 3.50. The molecule has 0 atom stereocenters. The minimum Gasteiger partial charge on any atom is -0.300 e. The van der Waals surface area contributed by atoms with Crippen LogP contribution in [0.2, 0.25) is 0 Å². The highest BCUT2D eigenvalue weighted by molar-refractivity contribution is 5.78. The fraction of sp³-hybridized carbons (Fsp3) is 0.818. The van der Waals surface area contributed by atoms with Crippen molar-refractivity contribution in [2.75, 3.05) is 0 Å². The highest BCUT2D eigenvalue weighted by atomic mass is 16.1. The van der Waals surface area contributed by atoms with Crippen molar-refractivity contribution in [3.05, 3.63) is 5.82 Å². The van der Waals surface area contributed by atoms with Crippen LogP contribution < -0.4 is 0 Å². The molecule has 2 aliphatic carbocycles. The Hall–Kier alpha value is -1.26. The summed E-state index contributed by atoms with van der Waals surface area (Å²) in [4.78, 5) is 12.8. The molecule has 0 N–H and O–H groups in total. The van der Waals surface area contributed by atoms with Gasteiger partial charge in [0.2, 0.25) is 0 Å². The summed E-state index contributed by atoms with van der Waals surface area (Å²) in [6, 6.07) is 0. The molecule has 0 radical (unpaired) electrons. The van der Waals surface area contributed by atoms with Gasteiger partial charge in [-0.25, -0.2) is 0 Å². The topological polar surface area (TPSA) is 60.7 Å². The molecule has 1 aromatic heterocycles. The number of aromatic nitrogens is 4. The summed E-state index contributed by atoms with van der Waals surface area (Å²) in [5.74, 6) is 2.44. The van der Waals surface area contributed by atoms with E-state index >= 15 is 0 Å². The standard InChI is InChI=1S/C11H16N4O/c16-10-5-1-8(2-6-10)7-15-13-11(12-14-15)9-3-4-9/h8-9H,1-7H2. The van der Waals surface area contributed by atoms with Crippen molar-refractivity contribution < 1.29 is 4.79 Å². The first kappa shape index (κ1) is 9.93. The molecule has 0 aliphatic heterocycles. The van der Waals surface area contributed by atoms with Gasteiger partial charge in [-0.2, -0.15) is 4.80 Å². The van der Waals surface area contributed by atoms with Crippen LogP contribution in [0.3, 0.4) is 0 Å². The van der Waals surface area contributed by atoms with E-state index in [0.29, 0.717) is 17.6 Å². The maximum atomic E-state index is 11.1. The molecule has 5 heteroatoms. The van der Waals surface area contributed by atoms with Gasteiger partial charge in [0.25, 0.3) is 0 Å². The number of hydrogen-bond acceptors (Lipinski definition) is 4. The molecule has 1 aromatic rings. The van der Waals surface area contributed by atoms with Crippen LogP contribution >= 0.6 is 0 Å². The summed E-state index contributed by atoms with van der Waals surface area (Å²) in [7, 11) is 0. The van der Waals surface area contributed by atoms with Gasteiger partial charge in [-0.05, 0) is 36.8 Å². The Kier molecular flexibility index (Phi) is 2.46. The van der Waals surface area contributed by atoms with Crippen LogP contribution in [0.4, 0.5) is 0 Å². The lowest BCUT2D eigenvalue weighted by atomic mass is 9.88. The normalized spacial score (nSPS) is 22.6. The largest absolute Gasteiger partial charge is 0.300 e. The molecule has 0 unspecified atom stereocenters. The van der Waals surface area contributed by atoms with Crippen LogP contribution in [-0.4, -0.2) is 26.0 Å². The molecule has 0 spiro atoms. The highest BCUT2D eigenvalue weighted by Gasteiger charge is 2.28. The summed E-state index contributed by atoms with van der Waals surface area (Å²) < 4.78 is 0. The van der Waals surface area contributed by atoms with Gasteiger partial charge in [0.15, 0.2) is 5.82 Å². The predicted octanol–water partition coefficient (Wildman–Crippen LogP) is 1.31. The van der Waals surface area contributed by atoms with Gasteiger partial charge in [-0.3, -0.25) is 4.79 Å². The van der Waals surface area contributed by atoms with Crippen LogP contribution in [-0.2, 0) is 11.3 Å². The van der Waals surface area contributed by atoms with E-state index in [9.17, 15) is 4.79 Å². The van der Waals surface area contributed by atoms with Crippen LogP contribution in [0.1, 0.15) is 50.3 Å².